The summed E-state index contributed by atoms with van der Waals surface area (Å²) in [4.78, 5) is 11.8. The summed E-state index contributed by atoms with van der Waals surface area (Å²) in [5, 5.41) is 0.697. The Morgan fingerprint density at radius 3 is 2.67 bits per heavy atom. The summed E-state index contributed by atoms with van der Waals surface area (Å²) in [6.07, 6.45) is 0. The van der Waals surface area contributed by atoms with Crippen molar-refractivity contribution in [3.63, 3.8) is 0 Å². The van der Waals surface area contributed by atoms with Crippen LogP contribution >= 0.6 is 0 Å². The Morgan fingerprint density at radius 2 is 2.00 bits per heavy atom. The molecule has 0 radical (unpaired) electrons. The minimum atomic E-state index is 0.0412. The van der Waals surface area contributed by atoms with E-state index in [9.17, 15) is 4.79 Å². The largest absolute Gasteiger partial charge is 0.497 e. The van der Waals surface area contributed by atoms with Crippen molar-refractivity contribution in [2.24, 2.45) is 7.05 Å². The lowest BCUT2D eigenvalue weighted by Gasteiger charge is -2.09. The Kier molecular flexibility index (Phi) is 2.23. The molecule has 0 aliphatic heterocycles. The van der Waals surface area contributed by atoms with E-state index in [1.807, 2.05) is 30.7 Å². The molecule has 0 saturated heterocycles. The van der Waals surface area contributed by atoms with Crippen LogP contribution in [0.1, 0.15) is 5.69 Å². The van der Waals surface area contributed by atoms with Crippen LogP contribution in [0.2, 0.25) is 0 Å². The molecule has 3 nitrogen and oxygen atoms in total. The quantitative estimate of drug-likeness (QED) is 0.708. The Bertz CT molecular complexity index is 570. The summed E-state index contributed by atoms with van der Waals surface area (Å²) >= 11 is 0. The Labute approximate surface area is 87.9 Å². The number of methoxy groups -OCH3 is 1. The first kappa shape index (κ1) is 9.77. The van der Waals surface area contributed by atoms with E-state index in [0.717, 1.165) is 11.2 Å². The molecule has 0 amide bonds. The van der Waals surface area contributed by atoms with E-state index in [-0.39, 0.29) is 5.43 Å². The van der Waals surface area contributed by atoms with Gasteiger partial charge in [0.25, 0.3) is 0 Å². The number of ether oxygens (including phenoxy) is 1. The number of aryl methyl sites for hydroxylation is 2. The Morgan fingerprint density at radius 1 is 1.27 bits per heavy atom. The zero-order chi connectivity index (χ0) is 11.0. The minimum absolute atomic E-state index is 0.0412. The van der Waals surface area contributed by atoms with Crippen molar-refractivity contribution in [3.8, 4) is 5.75 Å². The van der Waals surface area contributed by atoms with Crippen LogP contribution in [0.4, 0.5) is 0 Å². The zero-order valence-electron chi connectivity index (χ0n) is 9.07. The Balaban J connectivity index is 2.90. The lowest BCUT2D eigenvalue weighted by molar-refractivity contribution is 0.415. The van der Waals surface area contributed by atoms with E-state index in [1.165, 1.54) is 0 Å². The van der Waals surface area contributed by atoms with Crippen LogP contribution in [-0.4, -0.2) is 11.7 Å². The van der Waals surface area contributed by atoms with Gasteiger partial charge in [-0.2, -0.15) is 0 Å². The van der Waals surface area contributed by atoms with Crippen LogP contribution in [0.3, 0.4) is 0 Å². The number of fused-ring (bicyclic) bond motifs is 1. The molecule has 78 valence electrons. The van der Waals surface area contributed by atoms with Gasteiger partial charge in [0.05, 0.1) is 12.6 Å². The van der Waals surface area contributed by atoms with Gasteiger partial charge in [-0.1, -0.05) is 0 Å². The summed E-state index contributed by atoms with van der Waals surface area (Å²) in [6, 6.07) is 7.18. The fraction of sp³-hybridized carbons (Fsp3) is 0.250. The van der Waals surface area contributed by atoms with E-state index in [1.54, 1.807) is 19.2 Å². The highest BCUT2D eigenvalue weighted by molar-refractivity contribution is 5.80. The van der Waals surface area contributed by atoms with Gasteiger partial charge < -0.3 is 9.30 Å². The number of aromatic nitrogens is 1. The lowest BCUT2D eigenvalue weighted by atomic mass is 10.2. The van der Waals surface area contributed by atoms with Gasteiger partial charge in [-0.15, -0.1) is 0 Å². The third-order valence-corrected chi connectivity index (χ3v) is 2.70. The van der Waals surface area contributed by atoms with Gasteiger partial charge in [0.1, 0.15) is 5.75 Å². The summed E-state index contributed by atoms with van der Waals surface area (Å²) < 4.78 is 7.10. The summed E-state index contributed by atoms with van der Waals surface area (Å²) in [5.74, 6) is 0.712. The first-order chi connectivity index (χ1) is 7.13. The van der Waals surface area contributed by atoms with E-state index < -0.39 is 0 Å². The van der Waals surface area contributed by atoms with Gasteiger partial charge >= 0.3 is 0 Å². The highest BCUT2D eigenvalue weighted by Gasteiger charge is 2.04. The second-order valence-electron chi connectivity index (χ2n) is 3.59. The molecular formula is C12H13NO2. The predicted molar refractivity (Wildman–Crippen MR) is 60.5 cm³/mol. The number of hydrogen-bond acceptors (Lipinski definition) is 2. The van der Waals surface area contributed by atoms with Gasteiger partial charge in [-0.3, -0.25) is 4.79 Å². The van der Waals surface area contributed by atoms with Crippen LogP contribution in [-0.2, 0) is 7.05 Å². The van der Waals surface area contributed by atoms with Crippen LogP contribution in [0.25, 0.3) is 10.9 Å². The van der Waals surface area contributed by atoms with Crippen molar-refractivity contribution in [2.75, 3.05) is 7.11 Å². The van der Waals surface area contributed by atoms with E-state index in [4.69, 9.17) is 4.74 Å². The maximum atomic E-state index is 11.8. The molecule has 0 aliphatic carbocycles. The van der Waals surface area contributed by atoms with Crippen LogP contribution in [0.15, 0.2) is 29.1 Å². The molecule has 0 saturated carbocycles. The number of benzene rings is 1. The minimum Gasteiger partial charge on any atom is -0.497 e. The van der Waals surface area contributed by atoms with Gasteiger partial charge in [-0.05, 0) is 25.1 Å². The molecule has 2 rings (SSSR count). The number of hydrogen-bond donors (Lipinski definition) is 0. The molecule has 0 aliphatic rings. The smallest absolute Gasteiger partial charge is 0.189 e. The van der Waals surface area contributed by atoms with E-state index >= 15 is 0 Å². The molecule has 0 bridgehead atoms. The van der Waals surface area contributed by atoms with Crippen molar-refractivity contribution in [2.45, 2.75) is 6.92 Å². The van der Waals surface area contributed by atoms with Gasteiger partial charge in [0.2, 0.25) is 0 Å². The predicted octanol–water partition coefficient (Wildman–Crippen LogP) is 1.86. The average molecular weight is 203 g/mol. The first-order valence-electron chi connectivity index (χ1n) is 4.78. The molecule has 1 aromatic carbocycles. The maximum absolute atomic E-state index is 11.8. The van der Waals surface area contributed by atoms with Gasteiger partial charge in [0.15, 0.2) is 5.43 Å². The normalized spacial score (nSPS) is 10.6. The number of nitrogens with zero attached hydrogens (tertiary/aromatic N) is 1. The molecule has 15 heavy (non-hydrogen) atoms. The molecule has 0 atom stereocenters. The van der Waals surface area contributed by atoms with Crippen molar-refractivity contribution in [1.29, 1.82) is 0 Å². The van der Waals surface area contributed by atoms with Crippen molar-refractivity contribution in [3.05, 3.63) is 40.2 Å². The van der Waals surface area contributed by atoms with E-state index in [2.05, 4.69) is 0 Å². The molecule has 0 N–H and O–H groups in total. The number of pyridine rings is 1. The first-order valence-corrected chi connectivity index (χ1v) is 4.78. The summed E-state index contributed by atoms with van der Waals surface area (Å²) in [7, 11) is 3.55. The van der Waals surface area contributed by atoms with Crippen molar-refractivity contribution >= 4 is 10.9 Å². The SMILES string of the molecule is COc1ccc2c(c1)c(=O)cc(C)n2C. The van der Waals surface area contributed by atoms with Crippen molar-refractivity contribution in [1.82, 2.24) is 4.57 Å². The highest BCUT2D eigenvalue weighted by atomic mass is 16.5. The average Bonchev–Trinajstić information content (AvgIpc) is 2.25. The molecular weight excluding hydrogens is 190 g/mol. The second kappa shape index (κ2) is 3.42. The third kappa shape index (κ3) is 1.50. The molecule has 1 aromatic heterocycles. The molecule has 3 heteroatoms. The van der Waals surface area contributed by atoms with Crippen LogP contribution in [0.5, 0.6) is 5.75 Å². The second-order valence-corrected chi connectivity index (χ2v) is 3.59. The molecule has 0 fully saturated rings. The third-order valence-electron chi connectivity index (χ3n) is 2.70. The van der Waals surface area contributed by atoms with Gasteiger partial charge in [-0.25, -0.2) is 0 Å². The van der Waals surface area contributed by atoms with Crippen molar-refractivity contribution < 1.29 is 4.74 Å². The Hall–Kier alpha value is -1.77. The number of rotatable bonds is 1. The monoisotopic (exact) mass is 203 g/mol. The van der Waals surface area contributed by atoms with E-state index in [0.29, 0.717) is 11.1 Å². The molecule has 0 unspecified atom stereocenters. The highest BCUT2D eigenvalue weighted by Crippen LogP contribution is 2.18. The van der Waals surface area contributed by atoms with Gasteiger partial charge in [0, 0.05) is 24.2 Å². The fourth-order valence-corrected chi connectivity index (χ4v) is 1.69. The molecule has 0 spiro atoms. The lowest BCUT2D eigenvalue weighted by Crippen LogP contribution is -2.09. The standard InChI is InChI=1S/C12H13NO2/c1-8-6-12(14)10-7-9(15-3)4-5-11(10)13(8)2/h4-7H,1-3H3. The summed E-state index contributed by atoms with van der Waals surface area (Å²) in [6.45, 7) is 1.92. The van der Waals surface area contributed by atoms with Crippen LogP contribution in [0, 0.1) is 6.92 Å². The zero-order valence-corrected chi connectivity index (χ0v) is 9.07. The maximum Gasteiger partial charge on any atom is 0.189 e. The topological polar surface area (TPSA) is 31.2 Å². The molecule has 1 heterocycles. The summed E-state index contributed by atoms with van der Waals surface area (Å²) in [5.41, 5.74) is 1.93. The van der Waals surface area contributed by atoms with Crippen LogP contribution < -0.4 is 10.2 Å². The molecule has 2 aromatic rings. The fourth-order valence-electron chi connectivity index (χ4n) is 1.69.